The number of guanidine groups is 1. The van der Waals surface area contributed by atoms with Crippen LogP contribution < -0.4 is 5.73 Å². The Kier molecular flexibility index (Phi) is 4.39. The topological polar surface area (TPSA) is 58.7 Å². The average molecular weight is 289 g/mol. The number of carbonyl (C=O) groups excluding carboxylic acids is 1. The molecule has 5 heteroatoms. The zero-order valence-electron chi connectivity index (χ0n) is 12.0. The van der Waals surface area contributed by atoms with E-state index in [9.17, 15) is 4.79 Å². The number of benzene rings is 1. The molecule has 106 valence electrons. The van der Waals surface area contributed by atoms with E-state index < -0.39 is 0 Å². The second-order valence-corrected chi connectivity index (χ2v) is 5.64. The summed E-state index contributed by atoms with van der Waals surface area (Å²) in [5.41, 5.74) is 8.20. The fraction of sp³-hybridized carbons (Fsp3) is 0.333. The fourth-order valence-electron chi connectivity index (χ4n) is 1.95. The molecule has 20 heavy (non-hydrogen) atoms. The van der Waals surface area contributed by atoms with Crippen LogP contribution in [0.25, 0.3) is 10.1 Å². The predicted molar refractivity (Wildman–Crippen MR) is 84.9 cm³/mol. The molecule has 0 radical (unpaired) electrons. The van der Waals surface area contributed by atoms with E-state index in [2.05, 4.69) is 35.5 Å². The number of fused-ring (bicyclic) bond motifs is 1. The summed E-state index contributed by atoms with van der Waals surface area (Å²) in [7, 11) is 1.65. The van der Waals surface area contributed by atoms with Crippen LogP contribution in [-0.2, 0) is 11.3 Å². The van der Waals surface area contributed by atoms with Gasteiger partial charge in [-0.15, -0.1) is 11.3 Å². The first kappa shape index (κ1) is 14.5. The molecule has 0 atom stereocenters. The highest BCUT2D eigenvalue weighted by molar-refractivity contribution is 7.17. The number of aryl methyl sites for hydroxylation is 1. The minimum absolute atomic E-state index is 0.0321. The van der Waals surface area contributed by atoms with Gasteiger partial charge in [0.2, 0.25) is 5.91 Å². The van der Waals surface area contributed by atoms with E-state index in [1.807, 2.05) is 0 Å². The maximum absolute atomic E-state index is 11.5. The van der Waals surface area contributed by atoms with E-state index >= 15 is 0 Å². The van der Waals surface area contributed by atoms with Crippen LogP contribution >= 0.6 is 11.3 Å². The Morgan fingerprint density at radius 1 is 1.45 bits per heavy atom. The van der Waals surface area contributed by atoms with E-state index in [1.165, 1.54) is 20.5 Å². The van der Waals surface area contributed by atoms with Crippen LogP contribution in [0.15, 0.2) is 28.6 Å². The van der Waals surface area contributed by atoms with Crippen LogP contribution in [0.2, 0.25) is 0 Å². The zero-order valence-corrected chi connectivity index (χ0v) is 12.8. The van der Waals surface area contributed by atoms with Gasteiger partial charge in [-0.2, -0.15) is 0 Å². The lowest BCUT2D eigenvalue weighted by Crippen LogP contribution is -2.38. The van der Waals surface area contributed by atoms with E-state index in [0.717, 1.165) is 5.56 Å². The first-order valence-electron chi connectivity index (χ1n) is 6.56. The molecule has 1 aromatic carbocycles. The van der Waals surface area contributed by atoms with Gasteiger partial charge < -0.3 is 5.73 Å². The molecule has 1 heterocycles. The van der Waals surface area contributed by atoms with Gasteiger partial charge in [-0.05, 0) is 40.9 Å². The third-order valence-corrected chi connectivity index (χ3v) is 4.36. The van der Waals surface area contributed by atoms with Crippen LogP contribution in [0, 0.1) is 6.92 Å². The van der Waals surface area contributed by atoms with Crippen molar-refractivity contribution in [3.05, 3.63) is 34.7 Å². The van der Waals surface area contributed by atoms with Gasteiger partial charge in [0, 0.05) is 18.2 Å². The first-order valence-corrected chi connectivity index (χ1v) is 7.44. The molecule has 1 aromatic heterocycles. The lowest BCUT2D eigenvalue weighted by Gasteiger charge is -2.14. The molecule has 0 spiro atoms. The minimum atomic E-state index is -0.0321. The molecule has 2 aromatic rings. The molecule has 2 N–H and O–H groups in total. The molecular weight excluding hydrogens is 270 g/mol. The predicted octanol–water partition coefficient (Wildman–Crippen LogP) is 2.89. The summed E-state index contributed by atoms with van der Waals surface area (Å²) in [5.74, 6) is 0.231. The number of aliphatic imine (C=N–C) groups is 1. The summed E-state index contributed by atoms with van der Waals surface area (Å²) in [6, 6.07) is 6.30. The third kappa shape index (κ3) is 2.99. The van der Waals surface area contributed by atoms with Gasteiger partial charge in [0.05, 0.1) is 6.54 Å². The van der Waals surface area contributed by atoms with Crippen molar-refractivity contribution in [2.75, 3.05) is 7.05 Å². The normalized spacial score (nSPS) is 11.8. The minimum Gasteiger partial charge on any atom is -0.369 e. The van der Waals surface area contributed by atoms with Crippen molar-refractivity contribution in [2.24, 2.45) is 10.7 Å². The lowest BCUT2D eigenvalue weighted by atomic mass is 10.1. The molecular formula is C15H19N3OS. The smallest absolute Gasteiger partial charge is 0.228 e. The van der Waals surface area contributed by atoms with Crippen LogP contribution in [0.3, 0.4) is 0 Å². The second-order valence-electron chi connectivity index (χ2n) is 4.73. The van der Waals surface area contributed by atoms with E-state index in [1.54, 1.807) is 25.3 Å². The van der Waals surface area contributed by atoms with Crippen molar-refractivity contribution in [1.29, 1.82) is 0 Å². The number of rotatable bonds is 3. The fourth-order valence-corrected chi connectivity index (χ4v) is 2.87. The lowest BCUT2D eigenvalue weighted by molar-refractivity contribution is -0.126. The maximum atomic E-state index is 11.5. The number of hydrogen-bond donors (Lipinski definition) is 1. The number of nitrogens with two attached hydrogens (primary N) is 1. The Labute approximate surface area is 122 Å². The highest BCUT2D eigenvalue weighted by Gasteiger charge is 2.09. The largest absolute Gasteiger partial charge is 0.369 e. The molecule has 2 rings (SSSR count). The van der Waals surface area contributed by atoms with Crippen molar-refractivity contribution in [3.8, 4) is 0 Å². The van der Waals surface area contributed by atoms with Crippen molar-refractivity contribution >= 4 is 33.3 Å². The van der Waals surface area contributed by atoms with Crippen molar-refractivity contribution in [3.63, 3.8) is 0 Å². The van der Waals surface area contributed by atoms with Gasteiger partial charge in [-0.3, -0.25) is 9.69 Å². The van der Waals surface area contributed by atoms with E-state index in [-0.39, 0.29) is 11.9 Å². The number of hydrogen-bond acceptors (Lipinski definition) is 3. The number of nitrogens with zero attached hydrogens (tertiary/aromatic N) is 2. The average Bonchev–Trinajstić information content (AvgIpc) is 2.84. The summed E-state index contributed by atoms with van der Waals surface area (Å²) >= 11 is 1.75. The highest BCUT2D eigenvalue weighted by Crippen LogP contribution is 2.26. The molecule has 0 aliphatic heterocycles. The number of amides is 1. The van der Waals surface area contributed by atoms with Crippen molar-refractivity contribution < 1.29 is 4.79 Å². The van der Waals surface area contributed by atoms with E-state index in [0.29, 0.717) is 13.0 Å². The number of thiophene rings is 1. The third-order valence-electron chi connectivity index (χ3n) is 3.28. The molecule has 0 aliphatic rings. The molecule has 0 unspecified atom stereocenters. The Bertz CT molecular complexity index is 660. The molecule has 0 saturated heterocycles. The van der Waals surface area contributed by atoms with Crippen LogP contribution in [0.1, 0.15) is 24.5 Å². The van der Waals surface area contributed by atoms with Gasteiger partial charge in [0.15, 0.2) is 5.96 Å². The highest BCUT2D eigenvalue weighted by atomic mass is 32.1. The molecule has 4 nitrogen and oxygen atoms in total. The molecule has 0 aliphatic carbocycles. The Balaban J connectivity index is 2.15. The summed E-state index contributed by atoms with van der Waals surface area (Å²) in [5, 5.41) is 3.42. The van der Waals surface area contributed by atoms with Gasteiger partial charge >= 0.3 is 0 Å². The summed E-state index contributed by atoms with van der Waals surface area (Å²) in [6.07, 6.45) is 0.423. The molecule has 0 fully saturated rings. The zero-order chi connectivity index (χ0) is 14.7. The van der Waals surface area contributed by atoms with Crippen LogP contribution in [0.4, 0.5) is 0 Å². The molecule has 1 amide bonds. The Morgan fingerprint density at radius 2 is 2.20 bits per heavy atom. The molecule has 0 saturated carbocycles. The molecule has 0 bridgehead atoms. The first-order chi connectivity index (χ1) is 9.52. The standard InChI is InChI=1S/C15H19N3OS/c1-4-14(19)18(3)15(16)17-8-11-5-6-13-12(7-11)10(2)9-20-13/h5-7,9H,4,8H2,1-3H3,(H2,16,17). The van der Waals surface area contributed by atoms with Crippen molar-refractivity contribution in [2.45, 2.75) is 26.8 Å². The second kappa shape index (κ2) is 6.05. The number of carbonyl (C=O) groups is 1. The summed E-state index contributed by atoms with van der Waals surface area (Å²) in [6.45, 7) is 4.39. The van der Waals surface area contributed by atoms with Gasteiger partial charge in [0.1, 0.15) is 0 Å². The SMILES string of the molecule is CCC(=O)N(C)C(N)=NCc1ccc2scc(C)c2c1. The maximum Gasteiger partial charge on any atom is 0.228 e. The van der Waals surface area contributed by atoms with Crippen molar-refractivity contribution in [1.82, 2.24) is 4.90 Å². The Morgan fingerprint density at radius 3 is 2.90 bits per heavy atom. The summed E-state index contributed by atoms with van der Waals surface area (Å²) in [4.78, 5) is 17.2. The summed E-state index contributed by atoms with van der Waals surface area (Å²) < 4.78 is 1.28. The Hall–Kier alpha value is -1.88. The van der Waals surface area contributed by atoms with Gasteiger partial charge in [-0.1, -0.05) is 13.0 Å². The monoisotopic (exact) mass is 289 g/mol. The van der Waals surface area contributed by atoms with Crippen LogP contribution in [-0.4, -0.2) is 23.8 Å². The van der Waals surface area contributed by atoms with E-state index in [4.69, 9.17) is 5.73 Å². The quantitative estimate of drug-likeness (QED) is 0.697. The van der Waals surface area contributed by atoms with Gasteiger partial charge in [-0.25, -0.2) is 4.99 Å². The van der Waals surface area contributed by atoms with Crippen LogP contribution in [0.5, 0.6) is 0 Å². The van der Waals surface area contributed by atoms with Gasteiger partial charge in [0.25, 0.3) is 0 Å².